The van der Waals surface area contributed by atoms with Crippen LogP contribution in [0.5, 0.6) is 11.5 Å². The molecule has 0 spiro atoms. The van der Waals surface area contributed by atoms with Crippen LogP contribution in [0.2, 0.25) is 5.28 Å². The average Bonchev–Trinajstić information content (AvgIpc) is 2.87. The van der Waals surface area contributed by atoms with Crippen molar-refractivity contribution in [3.05, 3.63) is 108 Å². The maximum Gasteiger partial charge on any atom is 0.226 e. The highest BCUT2D eigenvalue weighted by Gasteiger charge is 2.25. The van der Waals surface area contributed by atoms with Gasteiger partial charge in [-0.15, -0.1) is 0 Å². The van der Waals surface area contributed by atoms with E-state index in [0.717, 1.165) is 39.7 Å². The van der Waals surface area contributed by atoms with Crippen LogP contribution in [0, 0.1) is 0 Å². The van der Waals surface area contributed by atoms with Gasteiger partial charge < -0.3 is 9.64 Å². The highest BCUT2D eigenvalue weighted by Crippen LogP contribution is 2.50. The zero-order valence-electron chi connectivity index (χ0n) is 17.4. The van der Waals surface area contributed by atoms with E-state index in [1.54, 1.807) is 0 Å². The molecule has 0 atom stereocenters. The molecule has 6 heteroatoms. The number of fused-ring (bicyclic) bond motifs is 2. The molecule has 5 aromatic rings. The third-order valence-electron chi connectivity index (χ3n) is 5.43. The second kappa shape index (κ2) is 8.04. The Balaban J connectivity index is 1.48. The van der Waals surface area contributed by atoms with Crippen LogP contribution in [0.1, 0.15) is 0 Å². The van der Waals surface area contributed by atoms with E-state index in [-0.39, 0.29) is 5.28 Å². The molecule has 1 aliphatic heterocycles. The summed E-state index contributed by atoms with van der Waals surface area (Å²) in [6.07, 6.45) is 0. The van der Waals surface area contributed by atoms with E-state index in [9.17, 15) is 0 Å². The van der Waals surface area contributed by atoms with Crippen molar-refractivity contribution in [2.75, 3.05) is 4.90 Å². The lowest BCUT2D eigenvalue weighted by Crippen LogP contribution is -2.15. The third-order valence-corrected chi connectivity index (χ3v) is 5.60. The summed E-state index contributed by atoms with van der Waals surface area (Å²) in [5, 5.41) is 0.159. The van der Waals surface area contributed by atoms with Crippen LogP contribution in [0.3, 0.4) is 0 Å². The predicted octanol–water partition coefficient (Wildman–Crippen LogP) is 7.43. The Labute approximate surface area is 195 Å². The van der Waals surface area contributed by atoms with Crippen LogP contribution >= 0.6 is 11.6 Å². The number of benzene rings is 4. The van der Waals surface area contributed by atoms with E-state index in [1.165, 1.54) is 0 Å². The zero-order chi connectivity index (χ0) is 22.2. The zero-order valence-corrected chi connectivity index (χ0v) is 18.1. The Morgan fingerprint density at radius 3 is 1.85 bits per heavy atom. The van der Waals surface area contributed by atoms with Crippen molar-refractivity contribution >= 4 is 28.7 Å². The van der Waals surface area contributed by atoms with Crippen LogP contribution in [-0.4, -0.2) is 15.0 Å². The summed E-state index contributed by atoms with van der Waals surface area (Å²) in [5.74, 6) is 2.66. The fourth-order valence-corrected chi connectivity index (χ4v) is 4.12. The first-order valence-electron chi connectivity index (χ1n) is 10.5. The maximum atomic E-state index is 6.28. The minimum absolute atomic E-state index is 0.159. The lowest BCUT2D eigenvalue weighted by atomic mass is 10.1. The molecule has 1 aromatic heterocycles. The SMILES string of the molecule is Clc1nc(-c2ccccc2)nc(-c2cccc(N3c4ccccc4Oc4ccccc43)c2)n1. The highest BCUT2D eigenvalue weighted by atomic mass is 35.5. The van der Waals surface area contributed by atoms with E-state index < -0.39 is 0 Å². The van der Waals surface area contributed by atoms with E-state index in [2.05, 4.69) is 27.0 Å². The van der Waals surface area contributed by atoms with Crippen molar-refractivity contribution in [3.8, 4) is 34.3 Å². The van der Waals surface area contributed by atoms with Crippen molar-refractivity contribution in [1.29, 1.82) is 0 Å². The Morgan fingerprint density at radius 1 is 0.576 bits per heavy atom. The lowest BCUT2D eigenvalue weighted by molar-refractivity contribution is 0.477. The van der Waals surface area contributed by atoms with Gasteiger partial charge in [-0.25, -0.2) is 4.98 Å². The molecule has 0 radical (unpaired) electrons. The predicted molar refractivity (Wildman–Crippen MR) is 130 cm³/mol. The molecule has 33 heavy (non-hydrogen) atoms. The number of rotatable bonds is 3. The second-order valence-corrected chi connectivity index (χ2v) is 7.88. The summed E-state index contributed by atoms with van der Waals surface area (Å²) in [6.45, 7) is 0. The molecule has 0 saturated carbocycles. The van der Waals surface area contributed by atoms with Gasteiger partial charge in [0.05, 0.1) is 11.4 Å². The van der Waals surface area contributed by atoms with Gasteiger partial charge in [0.2, 0.25) is 5.28 Å². The summed E-state index contributed by atoms with van der Waals surface area (Å²) in [5.41, 5.74) is 4.62. The van der Waals surface area contributed by atoms with E-state index in [1.807, 2.05) is 91.0 Å². The monoisotopic (exact) mass is 448 g/mol. The molecule has 0 saturated heterocycles. The first kappa shape index (κ1) is 19.5. The Kier molecular flexibility index (Phi) is 4.74. The molecule has 1 aliphatic rings. The topological polar surface area (TPSA) is 51.1 Å². The average molecular weight is 449 g/mol. The van der Waals surface area contributed by atoms with Crippen LogP contribution in [-0.2, 0) is 0 Å². The molecule has 0 bridgehead atoms. The number of hydrogen-bond acceptors (Lipinski definition) is 5. The van der Waals surface area contributed by atoms with E-state index in [0.29, 0.717) is 11.6 Å². The summed E-state index contributed by atoms with van der Waals surface area (Å²) < 4.78 is 6.13. The Bertz CT molecular complexity index is 1430. The summed E-state index contributed by atoms with van der Waals surface area (Å²) in [6, 6.07) is 33.8. The number of anilines is 3. The fraction of sp³-hybridized carbons (Fsp3) is 0. The molecule has 4 aromatic carbocycles. The highest BCUT2D eigenvalue weighted by molar-refractivity contribution is 6.28. The first-order chi connectivity index (χ1) is 16.3. The van der Waals surface area contributed by atoms with Crippen molar-refractivity contribution < 1.29 is 4.74 Å². The number of aromatic nitrogens is 3. The molecule has 158 valence electrons. The van der Waals surface area contributed by atoms with Gasteiger partial charge in [-0.3, -0.25) is 0 Å². The van der Waals surface area contributed by atoms with Crippen LogP contribution < -0.4 is 9.64 Å². The van der Waals surface area contributed by atoms with E-state index >= 15 is 0 Å². The van der Waals surface area contributed by atoms with Gasteiger partial charge in [0, 0.05) is 16.8 Å². The molecule has 0 fully saturated rings. The summed E-state index contributed by atoms with van der Waals surface area (Å²) in [4.78, 5) is 15.6. The summed E-state index contributed by atoms with van der Waals surface area (Å²) >= 11 is 6.28. The quantitative estimate of drug-likeness (QED) is 0.281. The number of halogens is 1. The van der Waals surface area contributed by atoms with Gasteiger partial charge in [0.1, 0.15) is 0 Å². The minimum Gasteiger partial charge on any atom is -0.453 e. The van der Waals surface area contributed by atoms with Crippen molar-refractivity contribution in [2.24, 2.45) is 0 Å². The van der Waals surface area contributed by atoms with Crippen molar-refractivity contribution in [2.45, 2.75) is 0 Å². The van der Waals surface area contributed by atoms with Gasteiger partial charge >= 0.3 is 0 Å². The van der Waals surface area contributed by atoms with Gasteiger partial charge in [0.25, 0.3) is 0 Å². The Morgan fingerprint density at radius 2 is 1.15 bits per heavy atom. The molecule has 0 aliphatic carbocycles. The van der Waals surface area contributed by atoms with Crippen LogP contribution in [0.4, 0.5) is 17.1 Å². The molecular weight excluding hydrogens is 432 g/mol. The second-order valence-electron chi connectivity index (χ2n) is 7.54. The number of nitrogens with zero attached hydrogens (tertiary/aromatic N) is 4. The normalized spacial score (nSPS) is 12.0. The van der Waals surface area contributed by atoms with Gasteiger partial charge in [0.15, 0.2) is 23.1 Å². The lowest BCUT2D eigenvalue weighted by Gasteiger charge is -2.32. The maximum absolute atomic E-state index is 6.28. The molecular formula is C27H17ClN4O. The Hall–Kier alpha value is -4.22. The molecule has 0 unspecified atom stereocenters. The summed E-state index contributed by atoms with van der Waals surface area (Å²) in [7, 11) is 0. The van der Waals surface area contributed by atoms with Crippen LogP contribution in [0.25, 0.3) is 22.8 Å². The number of para-hydroxylation sites is 4. The van der Waals surface area contributed by atoms with Gasteiger partial charge in [-0.2, -0.15) is 9.97 Å². The number of hydrogen-bond donors (Lipinski definition) is 0. The van der Waals surface area contributed by atoms with Crippen LogP contribution in [0.15, 0.2) is 103 Å². The minimum atomic E-state index is 0.159. The standard InChI is InChI=1S/C27H17ClN4O/c28-27-30-25(18-9-2-1-3-10-18)29-26(31-27)19-11-8-12-20(17-19)32-21-13-4-6-15-23(21)33-24-16-7-5-14-22(24)32/h1-17H. The van der Waals surface area contributed by atoms with Gasteiger partial charge in [-0.05, 0) is 48.0 Å². The largest absolute Gasteiger partial charge is 0.453 e. The smallest absolute Gasteiger partial charge is 0.226 e. The number of ether oxygens (including phenoxy) is 1. The fourth-order valence-electron chi connectivity index (χ4n) is 3.96. The third kappa shape index (κ3) is 3.58. The van der Waals surface area contributed by atoms with Crippen molar-refractivity contribution in [3.63, 3.8) is 0 Å². The van der Waals surface area contributed by atoms with Gasteiger partial charge in [-0.1, -0.05) is 66.7 Å². The molecule has 5 nitrogen and oxygen atoms in total. The van der Waals surface area contributed by atoms with Crippen molar-refractivity contribution in [1.82, 2.24) is 15.0 Å². The first-order valence-corrected chi connectivity index (χ1v) is 10.9. The molecule has 0 amide bonds. The molecule has 2 heterocycles. The molecule has 0 N–H and O–H groups in total. The molecule has 6 rings (SSSR count). The van der Waals surface area contributed by atoms with E-state index in [4.69, 9.17) is 21.3 Å².